The number of benzene rings is 2. The van der Waals surface area contributed by atoms with Crippen LogP contribution in [0, 0.1) is 23.7 Å². The molecule has 1 heterocycles. The number of nitrogens with zero attached hydrogens (tertiary/aromatic N) is 2. The molecule has 0 spiro atoms. The van der Waals surface area contributed by atoms with Crippen molar-refractivity contribution in [2.75, 3.05) is 26.2 Å². The van der Waals surface area contributed by atoms with Crippen LogP contribution in [-0.2, 0) is 16.9 Å². The van der Waals surface area contributed by atoms with E-state index in [9.17, 15) is 9.90 Å². The first kappa shape index (κ1) is 21.7. The van der Waals surface area contributed by atoms with Gasteiger partial charge in [-0.15, -0.1) is 0 Å². The number of likely N-dealkylation sites (N-methyl/N-ethyl adjacent to an activating group) is 1. The van der Waals surface area contributed by atoms with Gasteiger partial charge in [0.2, 0.25) is 0 Å². The number of carbonyl (C=O) groups excluding carboxylic acids is 1. The molecule has 0 bridgehead atoms. The van der Waals surface area contributed by atoms with E-state index in [1.807, 2.05) is 35.2 Å². The molecule has 2 saturated carbocycles. The van der Waals surface area contributed by atoms with E-state index < -0.39 is 5.60 Å². The van der Waals surface area contributed by atoms with E-state index in [4.69, 9.17) is 0 Å². The van der Waals surface area contributed by atoms with E-state index >= 15 is 0 Å². The average molecular weight is 433 g/mol. The highest BCUT2D eigenvalue weighted by molar-refractivity contribution is 5.87. The number of hydrogen-bond acceptors (Lipinski definition) is 3. The van der Waals surface area contributed by atoms with Gasteiger partial charge in [0.25, 0.3) is 5.91 Å². The molecule has 1 aliphatic heterocycles. The number of fused-ring (bicyclic) bond motifs is 1. The van der Waals surface area contributed by atoms with E-state index in [1.165, 1.54) is 5.56 Å². The van der Waals surface area contributed by atoms with E-state index in [2.05, 4.69) is 42.2 Å². The van der Waals surface area contributed by atoms with Gasteiger partial charge in [-0.25, -0.2) is 0 Å². The SMILES string of the molecule is CCN(C[C@H]1C2CN(Cc3ccccc3)C[C@@H]21)C(=O)[C@@](O)(c1ccccc1)C1CCCC1. The molecular formula is C28H36N2O2. The standard InChI is InChI=1S/C28H36N2O2/c1-2-30(20-26-24-18-29(19-25(24)26)17-21-11-5-3-6-12-21)27(31)28(32,23-15-9-10-16-23)22-13-7-4-8-14-22/h3-8,11-14,23-26,32H,2,9-10,15-20H2,1H3/t24-,25?,26+,28+/m0/s1. The van der Waals surface area contributed by atoms with E-state index in [0.717, 1.165) is 57.4 Å². The Balaban J connectivity index is 1.25. The summed E-state index contributed by atoms with van der Waals surface area (Å²) in [6.45, 7) is 6.77. The molecule has 5 rings (SSSR count). The molecule has 4 nitrogen and oxygen atoms in total. The Labute approximate surface area is 192 Å². The maximum absolute atomic E-state index is 13.8. The second kappa shape index (κ2) is 8.99. The lowest BCUT2D eigenvalue weighted by molar-refractivity contribution is -0.159. The zero-order valence-electron chi connectivity index (χ0n) is 19.2. The van der Waals surface area contributed by atoms with Crippen molar-refractivity contribution in [3.63, 3.8) is 0 Å². The lowest BCUT2D eigenvalue weighted by Gasteiger charge is -2.38. The number of carbonyl (C=O) groups is 1. The highest BCUT2D eigenvalue weighted by Gasteiger charge is 2.57. The van der Waals surface area contributed by atoms with Gasteiger partial charge in [-0.05, 0) is 48.6 Å². The maximum atomic E-state index is 13.8. The van der Waals surface area contributed by atoms with Gasteiger partial charge in [0.1, 0.15) is 0 Å². The molecule has 1 amide bonds. The van der Waals surface area contributed by atoms with Crippen molar-refractivity contribution >= 4 is 5.91 Å². The Morgan fingerprint density at radius 2 is 1.59 bits per heavy atom. The lowest BCUT2D eigenvalue weighted by atomic mass is 9.79. The average Bonchev–Trinajstić information content (AvgIpc) is 3.24. The van der Waals surface area contributed by atoms with Crippen LogP contribution in [0.3, 0.4) is 0 Å². The van der Waals surface area contributed by atoms with Crippen molar-refractivity contribution in [1.29, 1.82) is 0 Å². The van der Waals surface area contributed by atoms with Crippen LogP contribution in [-0.4, -0.2) is 47.0 Å². The summed E-state index contributed by atoms with van der Waals surface area (Å²) in [6.07, 6.45) is 4.06. The summed E-state index contributed by atoms with van der Waals surface area (Å²) in [6, 6.07) is 20.4. The Bertz CT molecular complexity index is 900. The zero-order chi connectivity index (χ0) is 22.1. The first-order chi connectivity index (χ1) is 15.6. The van der Waals surface area contributed by atoms with Crippen molar-refractivity contribution in [2.45, 2.75) is 44.8 Å². The molecule has 32 heavy (non-hydrogen) atoms. The summed E-state index contributed by atoms with van der Waals surface area (Å²) >= 11 is 0. The molecule has 4 atom stereocenters. The summed E-state index contributed by atoms with van der Waals surface area (Å²) in [5, 5.41) is 11.9. The molecule has 3 fully saturated rings. The van der Waals surface area contributed by atoms with Crippen LogP contribution >= 0.6 is 0 Å². The van der Waals surface area contributed by atoms with Crippen LogP contribution in [0.1, 0.15) is 43.7 Å². The molecule has 4 heteroatoms. The summed E-state index contributed by atoms with van der Waals surface area (Å²) in [7, 11) is 0. The number of rotatable bonds is 8. The normalized spacial score (nSPS) is 27.1. The summed E-state index contributed by atoms with van der Waals surface area (Å²) in [5.41, 5.74) is 0.748. The van der Waals surface area contributed by atoms with Crippen molar-refractivity contribution in [3.8, 4) is 0 Å². The third kappa shape index (κ3) is 3.99. The van der Waals surface area contributed by atoms with Crippen LogP contribution in [0.2, 0.25) is 0 Å². The molecule has 170 valence electrons. The largest absolute Gasteiger partial charge is 0.375 e. The third-order valence-electron chi connectivity index (χ3n) is 8.28. The van der Waals surface area contributed by atoms with Gasteiger partial charge in [-0.3, -0.25) is 9.69 Å². The second-order valence-corrected chi connectivity index (χ2v) is 10.1. The molecule has 1 N–H and O–H groups in total. The number of piperidine rings is 1. The molecule has 1 saturated heterocycles. The van der Waals surface area contributed by atoms with Gasteiger partial charge in [0.15, 0.2) is 5.60 Å². The maximum Gasteiger partial charge on any atom is 0.259 e. The Kier molecular flexibility index (Phi) is 6.09. The zero-order valence-corrected chi connectivity index (χ0v) is 19.2. The highest BCUT2D eigenvalue weighted by atomic mass is 16.3. The minimum Gasteiger partial charge on any atom is -0.375 e. The number of amides is 1. The van der Waals surface area contributed by atoms with Crippen molar-refractivity contribution in [1.82, 2.24) is 9.80 Å². The molecule has 0 aromatic heterocycles. The highest BCUT2D eigenvalue weighted by Crippen LogP contribution is 2.52. The number of aliphatic hydroxyl groups is 1. The Hall–Kier alpha value is -2.17. The first-order valence-corrected chi connectivity index (χ1v) is 12.4. The predicted octanol–water partition coefficient (Wildman–Crippen LogP) is 4.29. The van der Waals surface area contributed by atoms with E-state index in [-0.39, 0.29) is 11.8 Å². The van der Waals surface area contributed by atoms with Gasteiger partial charge >= 0.3 is 0 Å². The van der Waals surface area contributed by atoms with Gasteiger partial charge in [0.05, 0.1) is 0 Å². The Morgan fingerprint density at radius 1 is 1.00 bits per heavy atom. The molecule has 2 aliphatic carbocycles. The molecular weight excluding hydrogens is 396 g/mol. The Morgan fingerprint density at radius 3 is 2.19 bits per heavy atom. The minimum atomic E-state index is -1.39. The fraction of sp³-hybridized carbons (Fsp3) is 0.536. The monoisotopic (exact) mass is 432 g/mol. The second-order valence-electron chi connectivity index (χ2n) is 10.1. The van der Waals surface area contributed by atoms with Crippen molar-refractivity contribution in [3.05, 3.63) is 71.8 Å². The summed E-state index contributed by atoms with van der Waals surface area (Å²) < 4.78 is 0. The van der Waals surface area contributed by atoms with Crippen molar-refractivity contribution < 1.29 is 9.90 Å². The van der Waals surface area contributed by atoms with Gasteiger partial charge in [0, 0.05) is 38.6 Å². The van der Waals surface area contributed by atoms with Crippen LogP contribution in [0.4, 0.5) is 0 Å². The predicted molar refractivity (Wildman–Crippen MR) is 127 cm³/mol. The molecule has 0 radical (unpaired) electrons. The molecule has 2 aromatic carbocycles. The third-order valence-corrected chi connectivity index (χ3v) is 8.28. The lowest BCUT2D eigenvalue weighted by Crippen LogP contribution is -2.51. The molecule has 2 aromatic rings. The van der Waals surface area contributed by atoms with Gasteiger partial charge in [-0.1, -0.05) is 73.5 Å². The topological polar surface area (TPSA) is 43.8 Å². The van der Waals surface area contributed by atoms with Crippen LogP contribution in [0.5, 0.6) is 0 Å². The van der Waals surface area contributed by atoms with E-state index in [0.29, 0.717) is 24.3 Å². The van der Waals surface area contributed by atoms with Crippen molar-refractivity contribution in [2.24, 2.45) is 23.7 Å². The fourth-order valence-electron chi connectivity index (χ4n) is 6.40. The molecule has 3 aliphatic rings. The summed E-state index contributed by atoms with van der Waals surface area (Å²) in [4.78, 5) is 18.3. The van der Waals surface area contributed by atoms with Gasteiger partial charge in [-0.2, -0.15) is 0 Å². The van der Waals surface area contributed by atoms with Gasteiger partial charge < -0.3 is 10.0 Å². The minimum absolute atomic E-state index is 0.0199. The van der Waals surface area contributed by atoms with E-state index in [1.54, 1.807) is 0 Å². The molecule has 1 unspecified atom stereocenters. The van der Waals surface area contributed by atoms with Crippen LogP contribution in [0.25, 0.3) is 0 Å². The summed E-state index contributed by atoms with van der Waals surface area (Å²) in [5.74, 6) is 1.90. The quantitative estimate of drug-likeness (QED) is 0.677. The smallest absolute Gasteiger partial charge is 0.259 e. The number of hydrogen-bond donors (Lipinski definition) is 1. The fourth-order valence-corrected chi connectivity index (χ4v) is 6.40. The number of likely N-dealkylation sites (tertiary alicyclic amines) is 1. The van der Waals surface area contributed by atoms with Crippen LogP contribution < -0.4 is 0 Å². The van der Waals surface area contributed by atoms with Crippen LogP contribution in [0.15, 0.2) is 60.7 Å². The first-order valence-electron chi connectivity index (χ1n) is 12.4.